The Morgan fingerprint density at radius 1 is 0.863 bits per heavy atom. The number of carbonyl (C=O) groups excluding carboxylic acids is 5. The Morgan fingerprint density at radius 2 is 1.45 bits per heavy atom. The van der Waals surface area contributed by atoms with Crippen molar-refractivity contribution in [1.82, 2.24) is 0 Å². The van der Waals surface area contributed by atoms with Crippen molar-refractivity contribution in [3.8, 4) is 11.5 Å². The molecule has 3 heterocycles. The summed E-state index contributed by atoms with van der Waals surface area (Å²) in [6.07, 6.45) is -6.97. The van der Waals surface area contributed by atoms with Gasteiger partial charge in [-0.2, -0.15) is 0 Å². The summed E-state index contributed by atoms with van der Waals surface area (Å²) < 4.78 is 46.6. The predicted octanol–water partition coefficient (Wildman–Crippen LogP) is 3.38. The van der Waals surface area contributed by atoms with E-state index in [4.69, 9.17) is 37.9 Å². The molecule has 5 aliphatic rings. The van der Waals surface area contributed by atoms with Crippen molar-refractivity contribution in [1.29, 1.82) is 0 Å². The van der Waals surface area contributed by atoms with Gasteiger partial charge in [0, 0.05) is 68.6 Å². The lowest BCUT2D eigenvalue weighted by atomic mass is 9.45. The molecule has 51 heavy (non-hydrogen) atoms. The molecule has 2 bridgehead atoms. The van der Waals surface area contributed by atoms with Crippen molar-refractivity contribution in [2.45, 2.75) is 136 Å². The second-order valence-electron chi connectivity index (χ2n) is 14.8. The summed E-state index contributed by atoms with van der Waals surface area (Å²) in [4.78, 5) is 61.3. The monoisotopic (exact) mass is 720 g/mol. The van der Waals surface area contributed by atoms with Gasteiger partial charge in [-0.1, -0.05) is 27.7 Å². The molecule has 3 aliphatic heterocycles. The summed E-state index contributed by atoms with van der Waals surface area (Å²) in [6.45, 7) is 13.0. The Kier molecular flexibility index (Phi) is 10.4. The van der Waals surface area contributed by atoms with Crippen LogP contribution in [0.1, 0.15) is 110 Å². The number of esters is 5. The largest absolute Gasteiger partial charge is 0.504 e. The normalized spacial score (nSPS) is 33.3. The van der Waals surface area contributed by atoms with Crippen LogP contribution in [0.15, 0.2) is 6.07 Å². The molecule has 15 nitrogen and oxygen atoms in total. The molecule has 1 aromatic carbocycles. The van der Waals surface area contributed by atoms with Crippen LogP contribution < -0.4 is 4.74 Å². The van der Waals surface area contributed by atoms with Gasteiger partial charge in [-0.3, -0.25) is 24.0 Å². The van der Waals surface area contributed by atoms with Gasteiger partial charge < -0.3 is 48.1 Å². The minimum atomic E-state index is -1.61. The molecule has 1 spiro atoms. The minimum Gasteiger partial charge on any atom is -0.504 e. The zero-order chi connectivity index (χ0) is 37.8. The minimum absolute atomic E-state index is 0.0505. The van der Waals surface area contributed by atoms with Crippen molar-refractivity contribution < 1.29 is 72.1 Å². The maximum absolute atomic E-state index is 12.5. The Hall–Kier alpha value is -3.95. The van der Waals surface area contributed by atoms with Gasteiger partial charge in [0.1, 0.15) is 18.8 Å². The Morgan fingerprint density at radius 3 is 1.98 bits per heavy atom. The zero-order valence-corrected chi connectivity index (χ0v) is 30.4. The molecule has 2 N–H and O–H groups in total. The predicted molar refractivity (Wildman–Crippen MR) is 173 cm³/mol. The zero-order valence-electron chi connectivity index (χ0n) is 30.4. The Labute approximate surface area is 296 Å². The average molecular weight is 721 g/mol. The van der Waals surface area contributed by atoms with Gasteiger partial charge in [0.05, 0.1) is 6.61 Å². The number of benzene rings is 1. The van der Waals surface area contributed by atoms with E-state index >= 15 is 0 Å². The van der Waals surface area contributed by atoms with Gasteiger partial charge in [-0.25, -0.2) is 0 Å². The summed E-state index contributed by atoms with van der Waals surface area (Å²) >= 11 is 0. The summed E-state index contributed by atoms with van der Waals surface area (Å²) in [5, 5.41) is 24.0. The summed E-state index contributed by atoms with van der Waals surface area (Å²) in [6, 6.07) is 1.81. The van der Waals surface area contributed by atoms with Crippen LogP contribution in [-0.4, -0.2) is 89.8 Å². The molecule has 4 fully saturated rings. The van der Waals surface area contributed by atoms with Gasteiger partial charge in [-0.15, -0.1) is 0 Å². The van der Waals surface area contributed by atoms with E-state index in [0.717, 1.165) is 20.8 Å². The van der Waals surface area contributed by atoms with Crippen molar-refractivity contribution in [3.63, 3.8) is 0 Å². The highest BCUT2D eigenvalue weighted by molar-refractivity contribution is 5.69. The molecule has 1 aromatic rings. The first-order valence-corrected chi connectivity index (χ1v) is 17.1. The molecular formula is C36H48O15. The third-order valence-electron chi connectivity index (χ3n) is 10.7. The number of rotatable bonds is 9. The van der Waals surface area contributed by atoms with Crippen LogP contribution in [0, 0.1) is 11.3 Å². The van der Waals surface area contributed by atoms with Crippen LogP contribution in [0.2, 0.25) is 0 Å². The number of fused-ring (bicyclic) bond motifs is 3. The highest BCUT2D eigenvalue weighted by atomic mass is 16.7. The smallest absolute Gasteiger partial charge is 0.303 e. The Bertz CT molecular complexity index is 1570. The molecular weight excluding hydrogens is 672 g/mol. The second-order valence-corrected chi connectivity index (χ2v) is 14.8. The SMILES string of the molecule is CC(=O)OC[C@H]1O[C@@H](Oc2c(C(C)C)cc3c(c2O)[C@]24CC[C@](O)(OC2)C(C)(C)[C@@H]4C[C@@H]3OC(C)=O)[C@H](OC(C)=O)[C@@H](OC(C)=O)[C@@H]1OC(C)=O. The maximum Gasteiger partial charge on any atom is 0.303 e. The summed E-state index contributed by atoms with van der Waals surface area (Å²) in [5.74, 6) is -5.96. The maximum atomic E-state index is 12.5. The number of hydrogen-bond donors (Lipinski definition) is 2. The molecule has 282 valence electrons. The molecule has 1 saturated carbocycles. The van der Waals surface area contributed by atoms with Crippen molar-refractivity contribution >= 4 is 29.8 Å². The molecule has 15 heteroatoms. The number of ether oxygens (including phenoxy) is 8. The lowest BCUT2D eigenvalue weighted by Crippen LogP contribution is -2.69. The lowest BCUT2D eigenvalue weighted by molar-refractivity contribution is -0.359. The van der Waals surface area contributed by atoms with E-state index < -0.39 is 89.9 Å². The molecule has 0 unspecified atom stereocenters. The van der Waals surface area contributed by atoms with Crippen molar-refractivity contribution in [3.05, 3.63) is 22.8 Å². The molecule has 6 rings (SSSR count). The number of phenols is 1. The third-order valence-corrected chi connectivity index (χ3v) is 10.7. The van der Waals surface area contributed by atoms with Gasteiger partial charge in [0.15, 0.2) is 29.5 Å². The molecule has 3 saturated heterocycles. The fourth-order valence-corrected chi connectivity index (χ4v) is 8.50. The van der Waals surface area contributed by atoms with Crippen LogP contribution in [0.5, 0.6) is 11.5 Å². The first kappa shape index (κ1) is 38.3. The number of carbonyl (C=O) groups is 5. The topological polar surface area (TPSA) is 200 Å². The highest BCUT2D eigenvalue weighted by Crippen LogP contribution is 2.68. The number of aromatic hydroxyl groups is 1. The second kappa shape index (κ2) is 13.9. The Balaban J connectivity index is 1.69. The first-order chi connectivity index (χ1) is 23.7. The van der Waals surface area contributed by atoms with Crippen molar-refractivity contribution in [2.75, 3.05) is 13.2 Å². The first-order valence-electron chi connectivity index (χ1n) is 17.1. The number of aliphatic hydroxyl groups is 1. The third kappa shape index (κ3) is 6.87. The lowest BCUT2D eigenvalue weighted by Gasteiger charge is -2.66. The van der Waals surface area contributed by atoms with E-state index in [1.54, 1.807) is 6.07 Å². The van der Waals surface area contributed by atoms with Gasteiger partial charge in [0.2, 0.25) is 12.4 Å². The van der Waals surface area contributed by atoms with E-state index in [9.17, 15) is 34.2 Å². The molecule has 9 atom stereocenters. The van der Waals surface area contributed by atoms with E-state index in [1.807, 2.05) is 27.7 Å². The summed E-state index contributed by atoms with van der Waals surface area (Å²) in [7, 11) is 0. The van der Waals surface area contributed by atoms with E-state index in [1.165, 1.54) is 13.8 Å². The average Bonchev–Trinajstić information content (AvgIpc) is 3.00. The van der Waals surface area contributed by atoms with E-state index in [0.29, 0.717) is 29.5 Å². The number of phenolic OH excluding ortho intramolecular Hbond substituents is 1. The molecule has 0 amide bonds. The molecule has 2 aliphatic carbocycles. The van der Waals surface area contributed by atoms with E-state index in [2.05, 4.69) is 0 Å². The van der Waals surface area contributed by atoms with Crippen LogP contribution in [0.4, 0.5) is 0 Å². The van der Waals surface area contributed by atoms with Gasteiger partial charge >= 0.3 is 29.8 Å². The van der Waals surface area contributed by atoms with Gasteiger partial charge in [0.25, 0.3) is 0 Å². The van der Waals surface area contributed by atoms with Crippen LogP contribution >= 0.6 is 0 Å². The quantitative estimate of drug-likeness (QED) is 0.278. The fraction of sp³-hybridized carbons (Fsp3) is 0.694. The fourth-order valence-electron chi connectivity index (χ4n) is 8.50. The van der Waals surface area contributed by atoms with Crippen LogP contribution in [-0.2, 0) is 62.5 Å². The van der Waals surface area contributed by atoms with Crippen LogP contribution in [0.25, 0.3) is 0 Å². The van der Waals surface area contributed by atoms with Crippen molar-refractivity contribution in [2.24, 2.45) is 11.3 Å². The standard InChI is InChI=1S/C36H48O15/c1-16(2)22-12-23-24(46-18(4)38)13-26-34(8,9)36(43)11-10-35(26,15-45-36)27(23)28(42)29(22)51-33-32(49-21(7)41)31(48-20(6)40)30(47-19(5)39)25(50-33)14-44-17(3)37/h12,16,24-26,30-33,42-43H,10-11,13-15H2,1-9H3/t24-,25+,26-,30+,31-,32+,33-,35+,36-/m0/s1. The highest BCUT2D eigenvalue weighted by Gasteiger charge is 2.69. The molecule has 0 radical (unpaired) electrons. The van der Waals surface area contributed by atoms with Crippen LogP contribution in [0.3, 0.4) is 0 Å². The van der Waals surface area contributed by atoms with Gasteiger partial charge in [-0.05, 0) is 30.7 Å². The summed E-state index contributed by atoms with van der Waals surface area (Å²) in [5.41, 5.74) is -0.148. The molecule has 0 aromatic heterocycles. The van der Waals surface area contributed by atoms with E-state index in [-0.39, 0.29) is 36.4 Å². The number of hydrogen-bond acceptors (Lipinski definition) is 15.